The lowest BCUT2D eigenvalue weighted by molar-refractivity contribution is -0.128. The van der Waals surface area contributed by atoms with Gasteiger partial charge in [-0.1, -0.05) is 0 Å². The number of hydrogen-bond donors (Lipinski definition) is 0. The number of imidazole rings is 1. The van der Waals surface area contributed by atoms with Crippen molar-refractivity contribution in [2.75, 3.05) is 39.9 Å². The number of aryl methyl sites for hydroxylation is 1. The summed E-state index contributed by atoms with van der Waals surface area (Å²) in [5.41, 5.74) is 0.211. The predicted octanol–water partition coefficient (Wildman–Crippen LogP) is 1.27. The molecule has 0 aromatic carbocycles. The van der Waals surface area contributed by atoms with Crippen LogP contribution in [0.5, 0.6) is 0 Å². The molecule has 1 aromatic rings. The standard InChI is InChI=1S/C17H28N4O2/c1-19-10-6-18-15(19)13-20-8-4-17(5-9-20)12-16(22)21(14-17)7-3-11-23-2/h6,10H,3-5,7-9,11-14H2,1-2H3. The van der Waals surface area contributed by atoms with Gasteiger partial charge in [-0.2, -0.15) is 0 Å². The van der Waals surface area contributed by atoms with Crippen molar-refractivity contribution in [2.24, 2.45) is 12.5 Å². The first-order valence-electron chi connectivity index (χ1n) is 8.57. The summed E-state index contributed by atoms with van der Waals surface area (Å²) in [4.78, 5) is 21.2. The van der Waals surface area contributed by atoms with Gasteiger partial charge in [-0.3, -0.25) is 9.69 Å². The van der Waals surface area contributed by atoms with E-state index >= 15 is 0 Å². The molecule has 0 radical (unpaired) electrons. The SMILES string of the molecule is COCCCN1CC2(CCN(Cc3nccn3C)CC2)CC1=O. The maximum atomic E-state index is 12.3. The Balaban J connectivity index is 1.50. The number of aromatic nitrogens is 2. The predicted molar refractivity (Wildman–Crippen MR) is 87.8 cm³/mol. The highest BCUT2D eigenvalue weighted by Gasteiger charge is 2.44. The molecular formula is C17H28N4O2. The van der Waals surface area contributed by atoms with Crippen LogP contribution in [0.25, 0.3) is 0 Å². The fraction of sp³-hybridized carbons (Fsp3) is 0.765. The smallest absolute Gasteiger partial charge is 0.223 e. The Morgan fingerprint density at radius 2 is 2.13 bits per heavy atom. The van der Waals surface area contributed by atoms with E-state index in [9.17, 15) is 4.79 Å². The Kier molecular flexibility index (Phi) is 5.02. The lowest BCUT2D eigenvalue weighted by atomic mass is 9.77. The van der Waals surface area contributed by atoms with Gasteiger partial charge in [0.05, 0.1) is 6.54 Å². The molecule has 3 rings (SSSR count). The maximum absolute atomic E-state index is 12.3. The van der Waals surface area contributed by atoms with Crippen molar-refractivity contribution in [3.63, 3.8) is 0 Å². The van der Waals surface area contributed by atoms with E-state index in [0.717, 1.165) is 70.8 Å². The molecule has 0 atom stereocenters. The van der Waals surface area contributed by atoms with Crippen LogP contribution in [0.3, 0.4) is 0 Å². The molecule has 1 spiro atoms. The third-order valence-corrected chi connectivity index (χ3v) is 5.38. The monoisotopic (exact) mass is 320 g/mol. The third kappa shape index (κ3) is 3.75. The first-order valence-corrected chi connectivity index (χ1v) is 8.57. The minimum absolute atomic E-state index is 0.211. The number of likely N-dealkylation sites (tertiary alicyclic amines) is 2. The summed E-state index contributed by atoms with van der Waals surface area (Å²) in [6, 6.07) is 0. The highest BCUT2D eigenvalue weighted by molar-refractivity contribution is 5.79. The van der Waals surface area contributed by atoms with Crippen LogP contribution >= 0.6 is 0 Å². The van der Waals surface area contributed by atoms with Gasteiger partial charge in [0.1, 0.15) is 5.82 Å². The summed E-state index contributed by atoms with van der Waals surface area (Å²) < 4.78 is 7.18. The summed E-state index contributed by atoms with van der Waals surface area (Å²) in [6.07, 6.45) is 7.75. The van der Waals surface area contributed by atoms with Crippen LogP contribution in [0.2, 0.25) is 0 Å². The van der Waals surface area contributed by atoms with E-state index in [1.54, 1.807) is 7.11 Å². The lowest BCUT2D eigenvalue weighted by Gasteiger charge is -2.38. The van der Waals surface area contributed by atoms with Crippen molar-refractivity contribution in [1.82, 2.24) is 19.4 Å². The van der Waals surface area contributed by atoms with E-state index in [4.69, 9.17) is 4.74 Å². The van der Waals surface area contributed by atoms with Crippen LogP contribution in [0.15, 0.2) is 12.4 Å². The van der Waals surface area contributed by atoms with E-state index in [2.05, 4.69) is 14.5 Å². The van der Waals surface area contributed by atoms with Crippen molar-refractivity contribution in [3.05, 3.63) is 18.2 Å². The second-order valence-corrected chi connectivity index (χ2v) is 7.07. The molecule has 2 fully saturated rings. The topological polar surface area (TPSA) is 50.6 Å². The molecular weight excluding hydrogens is 292 g/mol. The number of hydrogen-bond acceptors (Lipinski definition) is 4. The van der Waals surface area contributed by atoms with E-state index < -0.39 is 0 Å². The van der Waals surface area contributed by atoms with Crippen molar-refractivity contribution in [1.29, 1.82) is 0 Å². The second-order valence-electron chi connectivity index (χ2n) is 7.07. The molecule has 128 valence electrons. The van der Waals surface area contributed by atoms with Gasteiger partial charge in [0, 0.05) is 52.7 Å². The molecule has 0 saturated carbocycles. The summed E-state index contributed by atoms with van der Waals surface area (Å²) in [6.45, 7) is 5.54. The molecule has 6 nitrogen and oxygen atoms in total. The summed E-state index contributed by atoms with van der Waals surface area (Å²) in [7, 11) is 3.76. The molecule has 0 unspecified atom stereocenters. The van der Waals surface area contributed by atoms with Crippen LogP contribution in [-0.4, -0.2) is 65.2 Å². The van der Waals surface area contributed by atoms with E-state index in [0.29, 0.717) is 5.91 Å². The van der Waals surface area contributed by atoms with Gasteiger partial charge in [-0.25, -0.2) is 4.98 Å². The van der Waals surface area contributed by atoms with Gasteiger partial charge < -0.3 is 14.2 Å². The van der Waals surface area contributed by atoms with Gasteiger partial charge in [0.15, 0.2) is 0 Å². The number of carbonyl (C=O) groups excluding carboxylic acids is 1. The highest BCUT2D eigenvalue weighted by atomic mass is 16.5. The van der Waals surface area contributed by atoms with Crippen molar-refractivity contribution in [2.45, 2.75) is 32.2 Å². The maximum Gasteiger partial charge on any atom is 0.223 e. The molecule has 0 N–H and O–H groups in total. The van der Waals surface area contributed by atoms with E-state index in [1.165, 1.54) is 0 Å². The van der Waals surface area contributed by atoms with Crippen LogP contribution in [-0.2, 0) is 23.1 Å². The molecule has 0 aliphatic carbocycles. The summed E-state index contributed by atoms with van der Waals surface area (Å²) >= 11 is 0. The van der Waals surface area contributed by atoms with Gasteiger partial charge in [0.25, 0.3) is 0 Å². The number of rotatable bonds is 6. The largest absolute Gasteiger partial charge is 0.385 e. The zero-order chi connectivity index (χ0) is 16.3. The zero-order valence-corrected chi connectivity index (χ0v) is 14.3. The minimum Gasteiger partial charge on any atom is -0.385 e. The summed E-state index contributed by atoms with van der Waals surface area (Å²) in [5.74, 6) is 1.45. The van der Waals surface area contributed by atoms with Crippen LogP contribution in [0.1, 0.15) is 31.5 Å². The van der Waals surface area contributed by atoms with Crippen LogP contribution < -0.4 is 0 Å². The molecule has 1 amide bonds. The van der Waals surface area contributed by atoms with Crippen molar-refractivity contribution < 1.29 is 9.53 Å². The van der Waals surface area contributed by atoms with Crippen molar-refractivity contribution in [3.8, 4) is 0 Å². The molecule has 2 aliphatic heterocycles. The third-order valence-electron chi connectivity index (χ3n) is 5.38. The second kappa shape index (κ2) is 7.01. The van der Waals surface area contributed by atoms with Gasteiger partial charge in [-0.15, -0.1) is 0 Å². The normalized spacial score (nSPS) is 21.5. The molecule has 1 aromatic heterocycles. The Hall–Kier alpha value is -1.40. The number of piperidine rings is 1. The average molecular weight is 320 g/mol. The number of nitrogens with zero attached hydrogens (tertiary/aromatic N) is 4. The molecule has 2 saturated heterocycles. The van der Waals surface area contributed by atoms with Gasteiger partial charge in [0.2, 0.25) is 5.91 Å². The number of amides is 1. The Morgan fingerprint density at radius 1 is 1.35 bits per heavy atom. The summed E-state index contributed by atoms with van der Waals surface area (Å²) in [5, 5.41) is 0. The van der Waals surface area contributed by atoms with Crippen molar-refractivity contribution >= 4 is 5.91 Å². The number of methoxy groups -OCH3 is 1. The Bertz CT molecular complexity index is 534. The number of ether oxygens (including phenoxy) is 1. The highest BCUT2D eigenvalue weighted by Crippen LogP contribution is 2.41. The first kappa shape index (κ1) is 16.5. The van der Waals surface area contributed by atoms with Crippen LogP contribution in [0.4, 0.5) is 0 Å². The quantitative estimate of drug-likeness (QED) is 0.741. The van der Waals surface area contributed by atoms with E-state index in [1.807, 2.05) is 24.3 Å². The van der Waals surface area contributed by atoms with Crippen LogP contribution in [0, 0.1) is 5.41 Å². The first-order chi connectivity index (χ1) is 11.1. The fourth-order valence-corrected chi connectivity index (χ4v) is 3.85. The molecule has 2 aliphatic rings. The molecule has 0 bridgehead atoms. The fourth-order valence-electron chi connectivity index (χ4n) is 3.85. The lowest BCUT2D eigenvalue weighted by Crippen LogP contribution is -2.41. The van der Waals surface area contributed by atoms with Gasteiger partial charge >= 0.3 is 0 Å². The minimum atomic E-state index is 0.211. The molecule has 6 heteroatoms. The molecule has 3 heterocycles. The van der Waals surface area contributed by atoms with Gasteiger partial charge in [-0.05, 0) is 37.8 Å². The number of carbonyl (C=O) groups is 1. The Morgan fingerprint density at radius 3 is 2.78 bits per heavy atom. The van der Waals surface area contributed by atoms with E-state index in [-0.39, 0.29) is 5.41 Å². The Labute approximate surface area is 138 Å². The zero-order valence-electron chi connectivity index (χ0n) is 14.3. The molecule has 23 heavy (non-hydrogen) atoms. The average Bonchev–Trinajstić information content (AvgIpc) is 3.07.